The predicted octanol–water partition coefficient (Wildman–Crippen LogP) is 3.58. The zero-order valence-electron chi connectivity index (χ0n) is 11.4. The van der Waals surface area contributed by atoms with Crippen molar-refractivity contribution in [2.75, 3.05) is 0 Å². The van der Waals surface area contributed by atoms with Crippen molar-refractivity contribution in [2.24, 2.45) is 0 Å². The van der Waals surface area contributed by atoms with E-state index in [9.17, 15) is 4.79 Å². The molecule has 0 atom stereocenters. The van der Waals surface area contributed by atoms with E-state index in [-0.39, 0.29) is 5.56 Å². The van der Waals surface area contributed by atoms with E-state index >= 15 is 0 Å². The first-order valence-electron chi connectivity index (χ1n) is 7.51. The van der Waals surface area contributed by atoms with Crippen LogP contribution in [0.1, 0.15) is 55.3 Å². The molecule has 20 heavy (non-hydrogen) atoms. The van der Waals surface area contributed by atoms with Gasteiger partial charge >= 0.3 is 0 Å². The molecule has 0 saturated heterocycles. The molecule has 2 saturated carbocycles. The lowest BCUT2D eigenvalue weighted by Gasteiger charge is -2.26. The van der Waals surface area contributed by atoms with Crippen LogP contribution >= 0.6 is 0 Å². The Morgan fingerprint density at radius 3 is 2.60 bits per heavy atom. The third-order valence-corrected chi connectivity index (χ3v) is 4.48. The lowest BCUT2D eigenvalue weighted by Crippen LogP contribution is -2.11. The number of hydrogen-bond donors (Lipinski definition) is 1. The molecule has 3 nitrogen and oxygen atoms in total. The first-order valence-corrected chi connectivity index (χ1v) is 7.51. The highest BCUT2D eigenvalue weighted by Crippen LogP contribution is 2.39. The molecule has 0 radical (unpaired) electrons. The molecule has 0 unspecified atom stereocenters. The Balaban J connectivity index is 1.74. The van der Waals surface area contributed by atoms with E-state index in [0.717, 1.165) is 29.9 Å². The molecule has 4 rings (SSSR count). The summed E-state index contributed by atoms with van der Waals surface area (Å²) in [5.41, 5.74) is 3.24. The first kappa shape index (κ1) is 11.9. The maximum atomic E-state index is 11.8. The quantitative estimate of drug-likeness (QED) is 0.923. The van der Waals surface area contributed by atoms with Crippen molar-refractivity contribution in [3.05, 3.63) is 52.1 Å². The van der Waals surface area contributed by atoms with E-state index in [1.165, 1.54) is 24.8 Å². The maximum absolute atomic E-state index is 11.8. The van der Waals surface area contributed by atoms with Gasteiger partial charge in [0.15, 0.2) is 0 Å². The summed E-state index contributed by atoms with van der Waals surface area (Å²) in [6.45, 7) is 0. The fraction of sp³-hybridized carbons (Fsp3) is 0.412. The number of rotatable bonds is 3. The SMILES string of the molecule is O=c1cc(-c2cccc(C3CCC3)c2)nc(C2CC2)[nH]1. The average molecular weight is 266 g/mol. The van der Waals surface area contributed by atoms with Crippen LogP contribution in [0.2, 0.25) is 0 Å². The molecule has 2 aliphatic carbocycles. The van der Waals surface area contributed by atoms with Crippen LogP contribution in [-0.4, -0.2) is 9.97 Å². The topological polar surface area (TPSA) is 45.8 Å². The second-order valence-corrected chi connectivity index (χ2v) is 6.04. The van der Waals surface area contributed by atoms with Crippen molar-refractivity contribution in [3.8, 4) is 11.3 Å². The van der Waals surface area contributed by atoms with E-state index in [1.807, 2.05) is 0 Å². The van der Waals surface area contributed by atoms with Crippen LogP contribution in [0.5, 0.6) is 0 Å². The summed E-state index contributed by atoms with van der Waals surface area (Å²) in [5, 5.41) is 0. The molecule has 1 aromatic carbocycles. The van der Waals surface area contributed by atoms with Crippen LogP contribution in [0.25, 0.3) is 11.3 Å². The smallest absolute Gasteiger partial charge is 0.251 e. The Morgan fingerprint density at radius 1 is 1.05 bits per heavy atom. The van der Waals surface area contributed by atoms with Gasteiger partial charge in [-0.15, -0.1) is 0 Å². The lowest BCUT2D eigenvalue weighted by molar-refractivity contribution is 0.420. The van der Waals surface area contributed by atoms with Crippen molar-refractivity contribution in [1.82, 2.24) is 9.97 Å². The molecule has 0 amide bonds. The number of hydrogen-bond acceptors (Lipinski definition) is 2. The summed E-state index contributed by atoms with van der Waals surface area (Å²) in [4.78, 5) is 19.3. The van der Waals surface area contributed by atoms with E-state index in [1.54, 1.807) is 6.07 Å². The third kappa shape index (κ3) is 2.17. The van der Waals surface area contributed by atoms with Gasteiger partial charge in [-0.1, -0.05) is 24.6 Å². The second-order valence-electron chi connectivity index (χ2n) is 6.04. The first-order chi connectivity index (χ1) is 9.79. The minimum absolute atomic E-state index is 0.0362. The second kappa shape index (κ2) is 4.58. The molecule has 0 bridgehead atoms. The van der Waals surface area contributed by atoms with Crippen LogP contribution in [0, 0.1) is 0 Å². The van der Waals surface area contributed by atoms with E-state index < -0.39 is 0 Å². The van der Waals surface area contributed by atoms with Gasteiger partial charge in [-0.05, 0) is 43.2 Å². The molecule has 1 N–H and O–H groups in total. The van der Waals surface area contributed by atoms with Crippen LogP contribution < -0.4 is 5.56 Å². The lowest BCUT2D eigenvalue weighted by atomic mass is 9.79. The van der Waals surface area contributed by atoms with E-state index in [0.29, 0.717) is 11.8 Å². The number of nitrogens with zero attached hydrogens (tertiary/aromatic N) is 1. The Morgan fingerprint density at radius 2 is 1.90 bits per heavy atom. The Bertz CT molecular complexity index is 696. The van der Waals surface area contributed by atoms with Crippen LogP contribution in [0.15, 0.2) is 35.1 Å². The van der Waals surface area contributed by atoms with Crippen LogP contribution in [0.4, 0.5) is 0 Å². The minimum atomic E-state index is -0.0362. The fourth-order valence-corrected chi connectivity index (χ4v) is 2.87. The number of benzene rings is 1. The van der Waals surface area contributed by atoms with Gasteiger partial charge in [0.25, 0.3) is 5.56 Å². The van der Waals surface area contributed by atoms with Gasteiger partial charge in [0.05, 0.1) is 5.69 Å². The van der Waals surface area contributed by atoms with Crippen molar-refractivity contribution >= 4 is 0 Å². The van der Waals surface area contributed by atoms with Gasteiger partial charge in [0.2, 0.25) is 0 Å². The summed E-state index contributed by atoms with van der Waals surface area (Å²) >= 11 is 0. The number of aromatic amines is 1. The fourth-order valence-electron chi connectivity index (χ4n) is 2.87. The highest BCUT2D eigenvalue weighted by atomic mass is 16.1. The standard InChI is InChI=1S/C17H18N2O/c20-16-10-15(18-17(19-16)12-7-8-12)14-6-2-5-13(9-14)11-3-1-4-11/h2,5-6,9-12H,1,3-4,7-8H2,(H,18,19,20). The van der Waals surface area contributed by atoms with Gasteiger partial charge < -0.3 is 4.98 Å². The number of H-pyrrole nitrogens is 1. The van der Waals surface area contributed by atoms with Crippen LogP contribution in [0.3, 0.4) is 0 Å². The molecule has 1 heterocycles. The Kier molecular flexibility index (Phi) is 2.72. The third-order valence-electron chi connectivity index (χ3n) is 4.48. The molecule has 2 aromatic rings. The summed E-state index contributed by atoms with van der Waals surface area (Å²) in [6.07, 6.45) is 6.21. The zero-order valence-corrected chi connectivity index (χ0v) is 11.4. The molecule has 3 heteroatoms. The van der Waals surface area contributed by atoms with Gasteiger partial charge in [-0.3, -0.25) is 4.79 Å². The zero-order chi connectivity index (χ0) is 13.5. The minimum Gasteiger partial charge on any atom is -0.310 e. The van der Waals surface area contributed by atoms with Gasteiger partial charge in [0, 0.05) is 17.5 Å². The number of aromatic nitrogens is 2. The number of nitrogens with one attached hydrogen (secondary N) is 1. The van der Waals surface area contributed by atoms with Crippen LogP contribution in [-0.2, 0) is 0 Å². The molecular weight excluding hydrogens is 248 g/mol. The molecular formula is C17H18N2O. The summed E-state index contributed by atoms with van der Waals surface area (Å²) in [7, 11) is 0. The monoisotopic (exact) mass is 266 g/mol. The van der Waals surface area contributed by atoms with Crippen molar-refractivity contribution in [1.29, 1.82) is 0 Å². The molecule has 2 aliphatic rings. The normalized spacial score (nSPS) is 18.8. The van der Waals surface area contributed by atoms with Crippen molar-refractivity contribution in [2.45, 2.75) is 43.9 Å². The highest BCUT2D eigenvalue weighted by molar-refractivity contribution is 5.60. The predicted molar refractivity (Wildman–Crippen MR) is 78.9 cm³/mol. The Hall–Kier alpha value is -1.90. The molecule has 2 fully saturated rings. The summed E-state index contributed by atoms with van der Waals surface area (Å²) in [6, 6.07) is 10.2. The molecule has 102 valence electrons. The van der Waals surface area contributed by atoms with Crippen molar-refractivity contribution < 1.29 is 0 Å². The highest BCUT2D eigenvalue weighted by Gasteiger charge is 2.26. The van der Waals surface area contributed by atoms with E-state index in [2.05, 4.69) is 34.2 Å². The van der Waals surface area contributed by atoms with Gasteiger partial charge in [0.1, 0.15) is 5.82 Å². The average Bonchev–Trinajstić information content (AvgIpc) is 3.20. The summed E-state index contributed by atoms with van der Waals surface area (Å²) < 4.78 is 0. The van der Waals surface area contributed by atoms with Crippen molar-refractivity contribution in [3.63, 3.8) is 0 Å². The molecule has 1 aromatic heterocycles. The Labute approximate surface area is 118 Å². The molecule has 0 aliphatic heterocycles. The van der Waals surface area contributed by atoms with Gasteiger partial charge in [-0.2, -0.15) is 0 Å². The van der Waals surface area contributed by atoms with Gasteiger partial charge in [-0.25, -0.2) is 4.98 Å². The summed E-state index contributed by atoms with van der Waals surface area (Å²) in [5.74, 6) is 2.04. The largest absolute Gasteiger partial charge is 0.310 e. The van der Waals surface area contributed by atoms with E-state index in [4.69, 9.17) is 0 Å². The maximum Gasteiger partial charge on any atom is 0.251 e. The molecule has 0 spiro atoms.